The van der Waals surface area contributed by atoms with E-state index in [4.69, 9.17) is 20.9 Å². The van der Waals surface area contributed by atoms with Crippen molar-refractivity contribution in [3.05, 3.63) is 17.7 Å². The first kappa shape index (κ1) is 19.2. The number of carbonyl (C=O) groups excluding carboxylic acids is 1. The molecule has 1 aromatic carbocycles. The molecule has 0 atom stereocenters. The summed E-state index contributed by atoms with van der Waals surface area (Å²) in [5.41, 5.74) is 11.9. The van der Waals surface area contributed by atoms with Gasteiger partial charge in [-0.2, -0.15) is 0 Å². The van der Waals surface area contributed by atoms with Crippen molar-refractivity contribution in [2.24, 2.45) is 5.73 Å². The molecule has 0 unspecified atom stereocenters. The lowest BCUT2D eigenvalue weighted by atomic mass is 10.1. The number of halogens is 2. The standard InChI is InChI=1S/C11H16N2O3.2ClH/c1-15-10-5-7(9(14)3-4-12)8(13)6-11(10)16-2;;/h5-6H,3-4,12-13H2,1-2H3;2*1H. The van der Waals surface area contributed by atoms with Crippen LogP contribution in [0.4, 0.5) is 5.69 Å². The summed E-state index contributed by atoms with van der Waals surface area (Å²) in [4.78, 5) is 11.7. The number of nitrogens with two attached hydrogens (primary N) is 2. The molecule has 104 valence electrons. The predicted molar refractivity (Wildman–Crippen MR) is 76.5 cm³/mol. The Labute approximate surface area is 119 Å². The van der Waals surface area contributed by atoms with Gasteiger partial charge in [-0.05, 0) is 12.6 Å². The second-order valence-electron chi connectivity index (χ2n) is 3.26. The van der Waals surface area contributed by atoms with Gasteiger partial charge in [-0.1, -0.05) is 0 Å². The molecule has 1 aromatic rings. The maximum absolute atomic E-state index is 11.7. The molecule has 0 bridgehead atoms. The molecule has 0 heterocycles. The predicted octanol–water partition coefficient (Wildman–Crippen LogP) is 1.66. The molecular formula is C11H18Cl2N2O3. The van der Waals surface area contributed by atoms with Gasteiger partial charge in [0.25, 0.3) is 0 Å². The molecule has 0 spiro atoms. The third kappa shape index (κ3) is 4.25. The first-order valence-corrected chi connectivity index (χ1v) is 4.88. The molecule has 0 amide bonds. The maximum atomic E-state index is 11.7. The Morgan fingerprint density at radius 1 is 1.17 bits per heavy atom. The molecule has 7 heteroatoms. The Kier molecular flexibility index (Phi) is 9.43. The van der Waals surface area contributed by atoms with Crippen molar-refractivity contribution in [2.75, 3.05) is 26.5 Å². The van der Waals surface area contributed by atoms with Crippen LogP contribution in [0, 0.1) is 0 Å². The Balaban J connectivity index is 0. The highest BCUT2D eigenvalue weighted by Crippen LogP contribution is 2.32. The Hall–Kier alpha value is -1.17. The quantitative estimate of drug-likeness (QED) is 0.637. The lowest BCUT2D eigenvalue weighted by Gasteiger charge is -2.11. The van der Waals surface area contributed by atoms with E-state index in [-0.39, 0.29) is 37.0 Å². The zero-order valence-electron chi connectivity index (χ0n) is 10.3. The number of Topliss-reactive ketones (excluding diaryl/α,β-unsaturated/α-hetero) is 1. The zero-order valence-corrected chi connectivity index (χ0v) is 11.9. The van der Waals surface area contributed by atoms with E-state index in [1.807, 2.05) is 0 Å². The minimum Gasteiger partial charge on any atom is -0.493 e. The van der Waals surface area contributed by atoms with Crippen LogP contribution >= 0.6 is 24.8 Å². The van der Waals surface area contributed by atoms with Crippen LogP contribution in [-0.4, -0.2) is 26.5 Å². The Morgan fingerprint density at radius 2 is 1.67 bits per heavy atom. The second kappa shape index (κ2) is 8.85. The topological polar surface area (TPSA) is 87.6 Å². The van der Waals surface area contributed by atoms with Crippen molar-refractivity contribution in [1.29, 1.82) is 0 Å². The number of ether oxygens (including phenoxy) is 2. The summed E-state index contributed by atoms with van der Waals surface area (Å²) in [6.07, 6.45) is 0.264. The zero-order chi connectivity index (χ0) is 12.1. The number of benzene rings is 1. The molecule has 1 rings (SSSR count). The van der Waals surface area contributed by atoms with Crippen LogP contribution in [0.1, 0.15) is 16.8 Å². The molecule has 0 fully saturated rings. The van der Waals surface area contributed by atoms with Crippen LogP contribution in [-0.2, 0) is 0 Å². The number of hydrogen-bond donors (Lipinski definition) is 2. The van der Waals surface area contributed by atoms with Gasteiger partial charge in [0, 0.05) is 23.7 Å². The van der Waals surface area contributed by atoms with Gasteiger partial charge in [0.15, 0.2) is 17.3 Å². The molecule has 0 aliphatic rings. The van der Waals surface area contributed by atoms with E-state index in [1.165, 1.54) is 14.2 Å². The van der Waals surface area contributed by atoms with E-state index in [9.17, 15) is 4.79 Å². The maximum Gasteiger partial charge on any atom is 0.166 e. The van der Waals surface area contributed by atoms with Gasteiger partial charge in [-0.15, -0.1) is 24.8 Å². The van der Waals surface area contributed by atoms with Crippen LogP contribution in [0.2, 0.25) is 0 Å². The van der Waals surface area contributed by atoms with E-state index < -0.39 is 0 Å². The van der Waals surface area contributed by atoms with Crippen LogP contribution in [0.15, 0.2) is 12.1 Å². The van der Waals surface area contributed by atoms with E-state index >= 15 is 0 Å². The molecule has 0 radical (unpaired) electrons. The molecule has 0 aliphatic heterocycles. The van der Waals surface area contributed by atoms with Crippen LogP contribution in [0.3, 0.4) is 0 Å². The lowest BCUT2D eigenvalue weighted by molar-refractivity contribution is 0.0986. The number of anilines is 1. The molecule has 4 N–H and O–H groups in total. The summed E-state index contributed by atoms with van der Waals surface area (Å²) in [7, 11) is 3.02. The van der Waals surface area contributed by atoms with Crippen molar-refractivity contribution < 1.29 is 14.3 Å². The minimum atomic E-state index is -0.0963. The highest BCUT2D eigenvalue weighted by Gasteiger charge is 2.14. The van der Waals surface area contributed by atoms with Crippen molar-refractivity contribution in [3.8, 4) is 11.5 Å². The number of nitrogen functional groups attached to an aromatic ring is 1. The normalized spacial score (nSPS) is 8.83. The third-order valence-corrected chi connectivity index (χ3v) is 2.23. The average molecular weight is 297 g/mol. The van der Waals surface area contributed by atoms with Crippen LogP contribution < -0.4 is 20.9 Å². The average Bonchev–Trinajstić information content (AvgIpc) is 2.28. The van der Waals surface area contributed by atoms with Crippen molar-refractivity contribution >= 4 is 36.3 Å². The molecular weight excluding hydrogens is 279 g/mol. The van der Waals surface area contributed by atoms with Gasteiger partial charge >= 0.3 is 0 Å². The summed E-state index contributed by atoms with van der Waals surface area (Å²) in [6, 6.07) is 3.15. The second-order valence-corrected chi connectivity index (χ2v) is 3.26. The fourth-order valence-electron chi connectivity index (χ4n) is 1.40. The van der Waals surface area contributed by atoms with Crippen LogP contribution in [0.25, 0.3) is 0 Å². The fraction of sp³-hybridized carbons (Fsp3) is 0.364. The number of ketones is 1. The van der Waals surface area contributed by atoms with E-state index in [2.05, 4.69) is 0 Å². The summed E-state index contributed by atoms with van der Waals surface area (Å²) in [5.74, 6) is 0.891. The minimum absolute atomic E-state index is 0. The van der Waals surface area contributed by atoms with E-state index in [0.29, 0.717) is 29.3 Å². The van der Waals surface area contributed by atoms with Crippen molar-refractivity contribution in [1.82, 2.24) is 0 Å². The summed E-state index contributed by atoms with van der Waals surface area (Å²) in [5, 5.41) is 0. The Morgan fingerprint density at radius 3 is 2.11 bits per heavy atom. The summed E-state index contributed by atoms with van der Waals surface area (Å²) >= 11 is 0. The van der Waals surface area contributed by atoms with Crippen molar-refractivity contribution in [3.63, 3.8) is 0 Å². The van der Waals surface area contributed by atoms with E-state index in [0.717, 1.165) is 0 Å². The van der Waals surface area contributed by atoms with Crippen LogP contribution in [0.5, 0.6) is 11.5 Å². The fourth-order valence-corrected chi connectivity index (χ4v) is 1.40. The molecule has 0 saturated carbocycles. The van der Waals surface area contributed by atoms with Gasteiger partial charge < -0.3 is 20.9 Å². The van der Waals surface area contributed by atoms with Gasteiger partial charge in [0.1, 0.15) is 0 Å². The molecule has 0 saturated heterocycles. The third-order valence-electron chi connectivity index (χ3n) is 2.23. The lowest BCUT2D eigenvalue weighted by Crippen LogP contribution is -2.10. The Bertz CT molecular complexity index is 400. The number of carbonyl (C=O) groups is 1. The molecule has 5 nitrogen and oxygen atoms in total. The van der Waals surface area contributed by atoms with Gasteiger partial charge in [-0.3, -0.25) is 4.79 Å². The highest BCUT2D eigenvalue weighted by molar-refractivity contribution is 6.01. The number of rotatable bonds is 5. The van der Waals surface area contributed by atoms with Gasteiger partial charge in [0.2, 0.25) is 0 Å². The monoisotopic (exact) mass is 296 g/mol. The highest BCUT2D eigenvalue weighted by atomic mass is 35.5. The molecule has 18 heavy (non-hydrogen) atoms. The summed E-state index contributed by atoms with van der Waals surface area (Å²) < 4.78 is 10.2. The molecule has 0 aromatic heterocycles. The van der Waals surface area contributed by atoms with Gasteiger partial charge in [0.05, 0.1) is 14.2 Å². The van der Waals surface area contributed by atoms with Crippen molar-refractivity contribution in [2.45, 2.75) is 6.42 Å². The number of methoxy groups -OCH3 is 2. The number of hydrogen-bond acceptors (Lipinski definition) is 5. The van der Waals surface area contributed by atoms with E-state index in [1.54, 1.807) is 12.1 Å². The summed E-state index contributed by atoms with van der Waals surface area (Å²) in [6.45, 7) is 0.298. The smallest absolute Gasteiger partial charge is 0.166 e. The first-order chi connectivity index (χ1) is 7.63. The SMILES string of the molecule is COc1cc(N)c(C(=O)CCN)cc1OC.Cl.Cl. The molecule has 0 aliphatic carbocycles. The largest absolute Gasteiger partial charge is 0.493 e. The van der Waals surface area contributed by atoms with Gasteiger partial charge in [-0.25, -0.2) is 0 Å². The first-order valence-electron chi connectivity index (χ1n) is 4.88.